The minimum Gasteiger partial charge on any atom is -0.325 e. The normalized spacial score (nSPS) is 11.8. The van der Waals surface area contributed by atoms with E-state index in [9.17, 15) is 14.0 Å². The van der Waals surface area contributed by atoms with E-state index in [4.69, 9.17) is 0 Å². The van der Waals surface area contributed by atoms with Crippen LogP contribution in [-0.4, -0.2) is 21.9 Å². The van der Waals surface area contributed by atoms with Crippen LogP contribution in [0.15, 0.2) is 53.9 Å². The van der Waals surface area contributed by atoms with Crippen molar-refractivity contribution in [1.82, 2.24) is 4.98 Å². The molecule has 0 bridgehead atoms. The predicted octanol–water partition coefficient (Wildman–Crippen LogP) is 5.41. The van der Waals surface area contributed by atoms with E-state index in [-0.39, 0.29) is 22.8 Å². The maximum Gasteiger partial charge on any atom is 0.237 e. The quantitative estimate of drug-likeness (QED) is 0.525. The Bertz CT molecular complexity index is 969. The molecule has 4 nitrogen and oxygen atoms in total. The number of hydrogen-bond donors (Lipinski definition) is 1. The molecule has 28 heavy (non-hydrogen) atoms. The predicted molar refractivity (Wildman–Crippen MR) is 113 cm³/mol. The zero-order valence-corrected chi connectivity index (χ0v) is 17.1. The third kappa shape index (κ3) is 5.27. The Morgan fingerprint density at radius 3 is 2.46 bits per heavy atom. The molecule has 144 valence electrons. The van der Waals surface area contributed by atoms with Gasteiger partial charge < -0.3 is 5.32 Å². The van der Waals surface area contributed by atoms with Gasteiger partial charge in [-0.15, -0.1) is 23.1 Å². The largest absolute Gasteiger partial charge is 0.325 e. The fraction of sp³-hybridized carbons (Fsp3) is 0.190. The number of Topliss-reactive ketones (excluding diaryl/α,β-unsaturated/α-hetero) is 1. The van der Waals surface area contributed by atoms with Gasteiger partial charge in [0.2, 0.25) is 5.91 Å². The lowest BCUT2D eigenvalue weighted by atomic mass is 10.1. The second-order valence-corrected chi connectivity index (χ2v) is 8.41. The van der Waals surface area contributed by atoms with Crippen LogP contribution in [0.3, 0.4) is 0 Å². The van der Waals surface area contributed by atoms with Crippen LogP contribution in [0.2, 0.25) is 0 Å². The number of carbonyl (C=O) groups is 2. The number of thiazole rings is 1. The molecular formula is C21H19FN2O2S2. The third-order valence-electron chi connectivity index (χ3n) is 4.05. The first-order chi connectivity index (χ1) is 13.4. The van der Waals surface area contributed by atoms with Gasteiger partial charge in [-0.1, -0.05) is 0 Å². The van der Waals surface area contributed by atoms with Crippen LogP contribution in [0.5, 0.6) is 0 Å². The van der Waals surface area contributed by atoms with E-state index in [2.05, 4.69) is 10.3 Å². The summed E-state index contributed by atoms with van der Waals surface area (Å²) >= 11 is 2.99. The molecule has 1 N–H and O–H groups in total. The summed E-state index contributed by atoms with van der Waals surface area (Å²) in [5.41, 5.74) is 3.04. The smallest absolute Gasteiger partial charge is 0.237 e. The fourth-order valence-electron chi connectivity index (χ4n) is 2.42. The number of nitrogens with zero attached hydrogens (tertiary/aromatic N) is 1. The lowest BCUT2D eigenvalue weighted by Crippen LogP contribution is -2.22. The third-order valence-corrected chi connectivity index (χ3v) is 6.17. The average molecular weight is 415 g/mol. The molecule has 0 fully saturated rings. The number of carbonyl (C=O) groups excluding carboxylic acids is 2. The van der Waals surface area contributed by atoms with Crippen LogP contribution in [0, 0.1) is 5.82 Å². The van der Waals surface area contributed by atoms with Gasteiger partial charge >= 0.3 is 0 Å². The van der Waals surface area contributed by atoms with Crippen molar-refractivity contribution in [3.05, 3.63) is 71.0 Å². The van der Waals surface area contributed by atoms with Gasteiger partial charge in [0.1, 0.15) is 10.8 Å². The summed E-state index contributed by atoms with van der Waals surface area (Å²) in [4.78, 5) is 28.2. The summed E-state index contributed by atoms with van der Waals surface area (Å²) in [6, 6.07) is 13.1. The Balaban J connectivity index is 1.53. The fourth-order valence-corrected chi connectivity index (χ4v) is 4.13. The van der Waals surface area contributed by atoms with Crippen molar-refractivity contribution in [2.24, 2.45) is 0 Å². The molecule has 0 spiro atoms. The zero-order valence-electron chi connectivity index (χ0n) is 15.4. The molecule has 0 aliphatic carbocycles. The van der Waals surface area contributed by atoms with Gasteiger partial charge in [0.25, 0.3) is 0 Å². The average Bonchev–Trinajstić information content (AvgIpc) is 3.16. The monoisotopic (exact) mass is 414 g/mol. The number of thioether (sulfide) groups is 1. The highest BCUT2D eigenvalue weighted by atomic mass is 32.2. The van der Waals surface area contributed by atoms with Crippen LogP contribution < -0.4 is 5.32 Å². The number of rotatable bonds is 7. The van der Waals surface area contributed by atoms with E-state index < -0.39 is 0 Å². The van der Waals surface area contributed by atoms with Gasteiger partial charge in [-0.3, -0.25) is 9.59 Å². The van der Waals surface area contributed by atoms with Crippen molar-refractivity contribution >= 4 is 40.5 Å². The number of halogens is 1. The molecule has 1 heterocycles. The molecule has 1 atom stereocenters. The topological polar surface area (TPSA) is 59.1 Å². The number of ketones is 1. The second kappa shape index (κ2) is 9.12. The van der Waals surface area contributed by atoms with Gasteiger partial charge in [-0.25, -0.2) is 9.37 Å². The van der Waals surface area contributed by atoms with Crippen LogP contribution >= 0.6 is 23.1 Å². The lowest BCUT2D eigenvalue weighted by molar-refractivity contribution is -0.115. The minimum atomic E-state index is -0.271. The first-order valence-electron chi connectivity index (χ1n) is 8.66. The molecule has 3 rings (SSSR count). The molecule has 0 unspecified atom stereocenters. The Labute approximate surface area is 171 Å². The number of aromatic nitrogens is 1. The summed E-state index contributed by atoms with van der Waals surface area (Å²) in [6.07, 6.45) is 0. The van der Waals surface area contributed by atoms with Crippen LogP contribution in [0.25, 0.3) is 10.6 Å². The molecule has 0 aliphatic heterocycles. The number of nitrogens with one attached hydrogen (secondary N) is 1. The number of hydrogen-bond acceptors (Lipinski definition) is 5. The molecule has 0 radical (unpaired) electrons. The van der Waals surface area contributed by atoms with Gasteiger partial charge in [-0.2, -0.15) is 0 Å². The summed E-state index contributed by atoms with van der Waals surface area (Å²) < 4.78 is 13.0. The highest BCUT2D eigenvalue weighted by Gasteiger charge is 2.15. The molecule has 2 aromatic carbocycles. The first-order valence-corrected chi connectivity index (χ1v) is 10.6. The zero-order chi connectivity index (χ0) is 20.1. The summed E-state index contributed by atoms with van der Waals surface area (Å²) in [7, 11) is 0. The summed E-state index contributed by atoms with van der Waals surface area (Å²) in [5, 5.41) is 5.38. The number of anilines is 1. The van der Waals surface area contributed by atoms with Crippen molar-refractivity contribution in [3.8, 4) is 10.6 Å². The van der Waals surface area contributed by atoms with E-state index in [1.54, 1.807) is 36.4 Å². The molecule has 1 amide bonds. The molecule has 1 aromatic heterocycles. The molecule has 3 aromatic rings. The highest BCUT2D eigenvalue weighted by molar-refractivity contribution is 7.99. The van der Waals surface area contributed by atoms with Crippen LogP contribution in [0.1, 0.15) is 29.9 Å². The van der Waals surface area contributed by atoms with Crippen LogP contribution in [0.4, 0.5) is 10.1 Å². The SMILES string of the molecule is CC(=O)c1ccc(NC(=O)[C@@H](C)SCc2csc(-c3ccc(F)cc3)n2)cc1. The van der Waals surface area contributed by atoms with Crippen molar-refractivity contribution in [2.75, 3.05) is 5.32 Å². The van der Waals surface area contributed by atoms with E-state index in [0.717, 1.165) is 16.3 Å². The lowest BCUT2D eigenvalue weighted by Gasteiger charge is -2.11. The van der Waals surface area contributed by atoms with Crippen LogP contribution in [-0.2, 0) is 10.5 Å². The first kappa shape index (κ1) is 20.2. The van der Waals surface area contributed by atoms with Crippen molar-refractivity contribution in [1.29, 1.82) is 0 Å². The van der Waals surface area contributed by atoms with Gasteiger partial charge in [0.15, 0.2) is 5.78 Å². The Kier molecular flexibility index (Phi) is 6.59. The Hall–Kier alpha value is -2.51. The summed E-state index contributed by atoms with van der Waals surface area (Å²) in [6.45, 7) is 3.35. The van der Waals surface area contributed by atoms with Gasteiger partial charge in [-0.05, 0) is 62.4 Å². The minimum absolute atomic E-state index is 0.00919. The number of benzene rings is 2. The Morgan fingerprint density at radius 1 is 1.14 bits per heavy atom. The molecular weight excluding hydrogens is 395 g/mol. The van der Waals surface area contributed by atoms with Crippen molar-refractivity contribution < 1.29 is 14.0 Å². The maximum absolute atomic E-state index is 13.0. The number of amides is 1. The molecule has 0 saturated carbocycles. The van der Waals surface area contributed by atoms with E-state index in [1.807, 2.05) is 12.3 Å². The van der Waals surface area contributed by atoms with E-state index >= 15 is 0 Å². The highest BCUT2D eigenvalue weighted by Crippen LogP contribution is 2.27. The summed E-state index contributed by atoms with van der Waals surface area (Å²) in [5.74, 6) is 0.224. The maximum atomic E-state index is 13.0. The molecule has 0 saturated heterocycles. The molecule has 0 aliphatic rings. The van der Waals surface area contributed by atoms with Crippen molar-refractivity contribution in [2.45, 2.75) is 24.9 Å². The van der Waals surface area contributed by atoms with E-state index in [1.165, 1.54) is 42.2 Å². The van der Waals surface area contributed by atoms with Crippen molar-refractivity contribution in [3.63, 3.8) is 0 Å². The standard InChI is InChI=1S/C21H19FN2O2S2/c1-13(25)15-5-9-18(10-6-15)23-20(26)14(2)27-11-19-12-28-21(24-19)16-3-7-17(22)8-4-16/h3-10,12,14H,11H2,1-2H3,(H,23,26)/t14-/m1/s1. The second-order valence-electron chi connectivity index (χ2n) is 6.23. The van der Waals surface area contributed by atoms with E-state index in [0.29, 0.717) is 17.0 Å². The van der Waals surface area contributed by atoms with Gasteiger partial charge in [0.05, 0.1) is 10.9 Å². The molecule has 7 heteroatoms. The van der Waals surface area contributed by atoms with Gasteiger partial charge in [0, 0.05) is 27.9 Å². The Morgan fingerprint density at radius 2 is 1.82 bits per heavy atom.